The molecule has 0 aliphatic rings. The summed E-state index contributed by atoms with van der Waals surface area (Å²) in [6.45, 7) is 1.84. The Kier molecular flexibility index (Phi) is 10.1. The van der Waals surface area contributed by atoms with Gasteiger partial charge in [-0.15, -0.1) is 0 Å². The second-order valence-electron chi connectivity index (χ2n) is 7.24. The van der Waals surface area contributed by atoms with E-state index < -0.39 is 8.25 Å². The molecule has 9 heteroatoms. The van der Waals surface area contributed by atoms with E-state index in [1.165, 1.54) is 5.56 Å². The fraction of sp³-hybridized carbons (Fsp3) is 0.391. The van der Waals surface area contributed by atoms with Crippen molar-refractivity contribution in [2.24, 2.45) is 0 Å². The second kappa shape index (κ2) is 13.3. The van der Waals surface area contributed by atoms with Gasteiger partial charge in [-0.25, -0.2) is 4.89 Å². The number of nitrogens with one attached hydrogen (secondary N) is 1. The van der Waals surface area contributed by atoms with Gasteiger partial charge in [0.2, 0.25) is 0 Å². The molecule has 0 spiro atoms. The third-order valence-corrected chi connectivity index (χ3v) is 5.23. The lowest BCUT2D eigenvalue weighted by Gasteiger charge is -2.10. The highest BCUT2D eigenvalue weighted by atomic mass is 31.1. The van der Waals surface area contributed by atoms with Crippen molar-refractivity contribution in [2.75, 3.05) is 26.9 Å². The summed E-state index contributed by atoms with van der Waals surface area (Å²) in [5, 5.41) is 4.12. The van der Waals surface area contributed by atoms with Gasteiger partial charge in [-0.2, -0.15) is 4.67 Å². The normalized spacial score (nSPS) is 12.2. The van der Waals surface area contributed by atoms with Crippen molar-refractivity contribution in [3.05, 3.63) is 59.9 Å². The first-order chi connectivity index (χ1) is 15.7. The molecule has 32 heavy (non-hydrogen) atoms. The number of ether oxygens (including phenoxy) is 2. The Hall–Kier alpha value is -2.35. The molecule has 1 aromatic heterocycles. The van der Waals surface area contributed by atoms with Crippen molar-refractivity contribution in [1.29, 1.82) is 0 Å². The minimum atomic E-state index is -3.06. The molecule has 174 valence electrons. The molecule has 3 aromatic rings. The van der Waals surface area contributed by atoms with Crippen LogP contribution in [0.2, 0.25) is 0 Å². The Labute approximate surface area is 188 Å². The number of fused-ring (bicyclic) bond motifs is 1. The molecule has 0 radical (unpaired) electrons. The summed E-state index contributed by atoms with van der Waals surface area (Å²) < 4.78 is 31.5. The minimum Gasteiger partial charge on any atom is -0.497 e. The SMILES string of the molecule is COc1cccc(CCCCCOc2ccc(CNCCOO[PH](=O)O)c3occc23)c1. The Morgan fingerprint density at radius 1 is 1.09 bits per heavy atom. The van der Waals surface area contributed by atoms with Crippen molar-refractivity contribution in [2.45, 2.75) is 32.2 Å². The first kappa shape index (κ1) is 24.3. The van der Waals surface area contributed by atoms with Gasteiger partial charge in [0.1, 0.15) is 17.1 Å². The average molecular weight is 463 g/mol. The smallest absolute Gasteiger partial charge is 0.344 e. The molecule has 1 unspecified atom stereocenters. The molecule has 2 aromatic carbocycles. The largest absolute Gasteiger partial charge is 0.497 e. The number of furan rings is 1. The zero-order valence-electron chi connectivity index (χ0n) is 18.2. The zero-order chi connectivity index (χ0) is 22.6. The van der Waals surface area contributed by atoms with Crippen LogP contribution in [0.5, 0.6) is 11.5 Å². The van der Waals surface area contributed by atoms with Crippen molar-refractivity contribution >= 4 is 19.2 Å². The summed E-state index contributed by atoms with van der Waals surface area (Å²) in [7, 11) is -1.37. The molecule has 2 N–H and O–H groups in total. The van der Waals surface area contributed by atoms with E-state index >= 15 is 0 Å². The van der Waals surface area contributed by atoms with E-state index in [4.69, 9.17) is 18.8 Å². The number of benzene rings is 2. The van der Waals surface area contributed by atoms with Crippen LogP contribution in [0.1, 0.15) is 30.4 Å². The van der Waals surface area contributed by atoms with E-state index in [1.807, 2.05) is 30.3 Å². The maximum absolute atomic E-state index is 10.4. The van der Waals surface area contributed by atoms with Crippen molar-refractivity contribution in [3.63, 3.8) is 0 Å². The molecule has 0 amide bonds. The number of methoxy groups -OCH3 is 1. The van der Waals surface area contributed by atoms with Gasteiger partial charge in [-0.05, 0) is 55.5 Å². The maximum atomic E-state index is 10.4. The van der Waals surface area contributed by atoms with Crippen LogP contribution >= 0.6 is 8.25 Å². The predicted octanol–water partition coefficient (Wildman–Crippen LogP) is 4.65. The summed E-state index contributed by atoms with van der Waals surface area (Å²) in [6, 6.07) is 14.0. The fourth-order valence-corrected chi connectivity index (χ4v) is 3.59. The number of hydrogen-bond donors (Lipinski definition) is 2. The Morgan fingerprint density at radius 3 is 2.84 bits per heavy atom. The van der Waals surface area contributed by atoms with Gasteiger partial charge >= 0.3 is 8.25 Å². The predicted molar refractivity (Wildman–Crippen MR) is 122 cm³/mol. The molecule has 3 rings (SSSR count). The van der Waals surface area contributed by atoms with E-state index in [1.54, 1.807) is 13.4 Å². The summed E-state index contributed by atoms with van der Waals surface area (Å²) in [4.78, 5) is 13.1. The van der Waals surface area contributed by atoms with Crippen LogP contribution in [0.25, 0.3) is 11.0 Å². The molecule has 0 saturated carbocycles. The van der Waals surface area contributed by atoms with Crippen LogP contribution in [0, 0.1) is 0 Å². The fourth-order valence-electron chi connectivity index (χ4n) is 3.41. The quantitative estimate of drug-likeness (QED) is 0.145. The number of unbranched alkanes of at least 4 members (excludes halogenated alkanes) is 2. The van der Waals surface area contributed by atoms with Crippen LogP contribution in [0.3, 0.4) is 0 Å². The first-order valence-corrected chi connectivity index (χ1v) is 11.9. The summed E-state index contributed by atoms with van der Waals surface area (Å²) in [5.74, 6) is 1.71. The monoisotopic (exact) mass is 463 g/mol. The third-order valence-electron chi connectivity index (χ3n) is 4.97. The van der Waals surface area contributed by atoms with Gasteiger partial charge in [-0.3, -0.25) is 4.57 Å². The second-order valence-corrected chi connectivity index (χ2v) is 7.94. The Bertz CT molecular complexity index is 991. The van der Waals surface area contributed by atoms with Gasteiger partial charge in [-0.1, -0.05) is 18.2 Å². The summed E-state index contributed by atoms with van der Waals surface area (Å²) in [5.41, 5.74) is 3.07. The van der Waals surface area contributed by atoms with Gasteiger partial charge in [0.05, 0.1) is 32.0 Å². The van der Waals surface area contributed by atoms with Crippen LogP contribution < -0.4 is 14.8 Å². The molecular weight excluding hydrogens is 433 g/mol. The highest BCUT2D eigenvalue weighted by molar-refractivity contribution is 7.31. The Morgan fingerprint density at radius 2 is 2.00 bits per heavy atom. The molecule has 8 nitrogen and oxygen atoms in total. The van der Waals surface area contributed by atoms with E-state index in [0.717, 1.165) is 53.7 Å². The summed E-state index contributed by atoms with van der Waals surface area (Å²) in [6.07, 6.45) is 5.86. The highest BCUT2D eigenvalue weighted by Gasteiger charge is 2.10. The lowest BCUT2D eigenvalue weighted by Crippen LogP contribution is -2.19. The maximum Gasteiger partial charge on any atom is 0.344 e. The third kappa shape index (κ3) is 7.65. The standard InChI is InChI=1S/C23H30NO7P/c1-27-20-8-5-7-18(16-20)6-3-2-4-13-28-22-10-9-19(23-21(22)11-14-29-23)17-24-12-15-30-31-32(25)26/h5,7-11,14,16,24,32H,2-4,6,12-13,15,17H2,1H3,(H,25,26). The molecule has 0 saturated heterocycles. The van der Waals surface area contributed by atoms with Crippen molar-refractivity contribution in [1.82, 2.24) is 5.32 Å². The molecule has 0 bridgehead atoms. The highest BCUT2D eigenvalue weighted by Crippen LogP contribution is 2.30. The van der Waals surface area contributed by atoms with E-state index in [2.05, 4.69) is 27.0 Å². The van der Waals surface area contributed by atoms with Crippen LogP contribution in [0.4, 0.5) is 0 Å². The van der Waals surface area contributed by atoms with E-state index in [-0.39, 0.29) is 6.61 Å². The molecule has 0 aliphatic heterocycles. The molecule has 1 atom stereocenters. The lowest BCUT2D eigenvalue weighted by atomic mass is 10.1. The van der Waals surface area contributed by atoms with Gasteiger partial charge < -0.3 is 24.1 Å². The molecule has 1 heterocycles. The van der Waals surface area contributed by atoms with Crippen LogP contribution in [0.15, 0.2) is 53.1 Å². The van der Waals surface area contributed by atoms with E-state index in [0.29, 0.717) is 19.7 Å². The van der Waals surface area contributed by atoms with E-state index in [9.17, 15) is 4.57 Å². The lowest BCUT2D eigenvalue weighted by molar-refractivity contribution is -0.205. The van der Waals surface area contributed by atoms with Gasteiger partial charge in [0.15, 0.2) is 0 Å². The molecular formula is C23H30NO7P. The number of hydrogen-bond acceptors (Lipinski definition) is 7. The van der Waals surface area contributed by atoms with Crippen molar-refractivity contribution in [3.8, 4) is 11.5 Å². The average Bonchev–Trinajstić information content (AvgIpc) is 3.29. The van der Waals surface area contributed by atoms with Crippen LogP contribution in [-0.4, -0.2) is 31.8 Å². The number of aryl methyl sites for hydroxylation is 1. The Balaban J connectivity index is 1.39. The van der Waals surface area contributed by atoms with Gasteiger partial charge in [0.25, 0.3) is 0 Å². The minimum absolute atomic E-state index is 0.164. The first-order valence-electron chi connectivity index (χ1n) is 10.7. The van der Waals surface area contributed by atoms with Gasteiger partial charge in [0, 0.05) is 18.7 Å². The molecule has 0 aliphatic carbocycles. The van der Waals surface area contributed by atoms with Crippen molar-refractivity contribution < 1.29 is 32.9 Å². The zero-order valence-corrected chi connectivity index (χ0v) is 19.2. The molecule has 0 fully saturated rings. The van der Waals surface area contributed by atoms with Crippen LogP contribution in [-0.2, 0) is 27.1 Å². The topological polar surface area (TPSA) is 99.4 Å². The number of rotatable bonds is 15. The summed E-state index contributed by atoms with van der Waals surface area (Å²) >= 11 is 0.